The van der Waals surface area contributed by atoms with Crippen molar-refractivity contribution in [3.05, 3.63) is 59.7 Å². The molecule has 2 N–H and O–H groups in total. The lowest BCUT2D eigenvalue weighted by atomic mass is 10.1. The fourth-order valence-corrected chi connectivity index (χ4v) is 2.61. The molecular formula is C17H20N2O2. The van der Waals surface area contributed by atoms with Crippen molar-refractivity contribution in [1.29, 1.82) is 0 Å². The van der Waals surface area contributed by atoms with Crippen LogP contribution in [0.2, 0.25) is 0 Å². The number of furan rings is 2. The van der Waals surface area contributed by atoms with Crippen LogP contribution in [0.1, 0.15) is 24.0 Å². The number of hydrogen-bond acceptors (Lipinski definition) is 4. The third kappa shape index (κ3) is 2.86. The molecule has 0 radical (unpaired) electrons. The fraction of sp³-hybridized carbons (Fsp3) is 0.294. The lowest BCUT2D eigenvalue weighted by Crippen LogP contribution is -2.22. The van der Waals surface area contributed by atoms with E-state index in [0.29, 0.717) is 6.54 Å². The van der Waals surface area contributed by atoms with Crippen molar-refractivity contribution < 1.29 is 8.83 Å². The van der Waals surface area contributed by atoms with E-state index in [9.17, 15) is 0 Å². The second-order valence-corrected chi connectivity index (χ2v) is 5.09. The van der Waals surface area contributed by atoms with Gasteiger partial charge in [0, 0.05) is 17.5 Å². The van der Waals surface area contributed by atoms with Gasteiger partial charge in [-0.15, -0.1) is 0 Å². The molecule has 0 saturated carbocycles. The molecule has 4 nitrogen and oxygen atoms in total. The van der Waals surface area contributed by atoms with E-state index in [-0.39, 0.29) is 0 Å². The Labute approximate surface area is 124 Å². The van der Waals surface area contributed by atoms with E-state index in [2.05, 4.69) is 17.9 Å². The van der Waals surface area contributed by atoms with E-state index in [1.54, 1.807) is 6.26 Å². The van der Waals surface area contributed by atoms with Crippen molar-refractivity contribution in [2.45, 2.75) is 26.6 Å². The fourth-order valence-electron chi connectivity index (χ4n) is 2.61. The van der Waals surface area contributed by atoms with Gasteiger partial charge in [0.1, 0.15) is 17.1 Å². The number of para-hydroxylation sites is 1. The SMILES string of the molecule is CCN(Cc1ccco1)Cc1c(CN)oc2ccccc12. The van der Waals surface area contributed by atoms with E-state index in [4.69, 9.17) is 14.6 Å². The predicted molar refractivity (Wildman–Crippen MR) is 82.6 cm³/mol. The van der Waals surface area contributed by atoms with Gasteiger partial charge in [-0.3, -0.25) is 4.90 Å². The topological polar surface area (TPSA) is 55.5 Å². The highest BCUT2D eigenvalue weighted by Crippen LogP contribution is 2.27. The minimum atomic E-state index is 0.419. The zero-order valence-electron chi connectivity index (χ0n) is 12.2. The normalized spacial score (nSPS) is 11.6. The van der Waals surface area contributed by atoms with Crippen LogP contribution >= 0.6 is 0 Å². The summed E-state index contributed by atoms with van der Waals surface area (Å²) in [6, 6.07) is 12.0. The molecular weight excluding hydrogens is 264 g/mol. The third-order valence-corrected chi connectivity index (χ3v) is 3.76. The highest BCUT2D eigenvalue weighted by molar-refractivity contribution is 5.82. The number of benzene rings is 1. The smallest absolute Gasteiger partial charge is 0.134 e. The lowest BCUT2D eigenvalue weighted by Gasteiger charge is -2.19. The Kier molecular flexibility index (Phi) is 4.08. The second-order valence-electron chi connectivity index (χ2n) is 5.09. The average molecular weight is 284 g/mol. The molecule has 3 rings (SSSR count). The Hall–Kier alpha value is -2.04. The minimum absolute atomic E-state index is 0.419. The van der Waals surface area contributed by atoms with Gasteiger partial charge in [0.2, 0.25) is 0 Å². The van der Waals surface area contributed by atoms with Crippen LogP contribution < -0.4 is 5.73 Å². The quantitative estimate of drug-likeness (QED) is 0.752. The van der Waals surface area contributed by atoms with Crippen LogP contribution in [0.15, 0.2) is 51.5 Å². The van der Waals surface area contributed by atoms with Crippen LogP contribution in [0.25, 0.3) is 11.0 Å². The minimum Gasteiger partial charge on any atom is -0.468 e. The largest absolute Gasteiger partial charge is 0.468 e. The molecule has 2 aromatic heterocycles. The molecule has 3 aromatic rings. The lowest BCUT2D eigenvalue weighted by molar-refractivity contribution is 0.246. The van der Waals surface area contributed by atoms with Crippen LogP contribution in [0.5, 0.6) is 0 Å². The van der Waals surface area contributed by atoms with Crippen molar-refractivity contribution in [2.24, 2.45) is 5.73 Å². The summed E-state index contributed by atoms with van der Waals surface area (Å²) in [4.78, 5) is 2.31. The standard InChI is InChI=1S/C17H20N2O2/c1-2-19(11-13-6-5-9-20-13)12-15-14-7-3-4-8-16(14)21-17(15)10-18/h3-9H,2,10-12,18H2,1H3. The second kappa shape index (κ2) is 6.16. The predicted octanol–water partition coefficient (Wildman–Crippen LogP) is 3.51. The van der Waals surface area contributed by atoms with E-state index < -0.39 is 0 Å². The van der Waals surface area contributed by atoms with Gasteiger partial charge in [-0.2, -0.15) is 0 Å². The van der Waals surface area contributed by atoms with Gasteiger partial charge in [-0.1, -0.05) is 25.1 Å². The average Bonchev–Trinajstić information content (AvgIpc) is 3.14. The first-order valence-corrected chi connectivity index (χ1v) is 7.26. The molecule has 0 aliphatic heterocycles. The van der Waals surface area contributed by atoms with Gasteiger partial charge < -0.3 is 14.6 Å². The molecule has 0 unspecified atom stereocenters. The summed E-state index contributed by atoms with van der Waals surface area (Å²) < 4.78 is 11.3. The Morgan fingerprint density at radius 1 is 1.10 bits per heavy atom. The van der Waals surface area contributed by atoms with Crippen LogP contribution in [0.3, 0.4) is 0 Å². The van der Waals surface area contributed by atoms with Crippen molar-refractivity contribution in [3.63, 3.8) is 0 Å². The summed E-state index contributed by atoms with van der Waals surface area (Å²) >= 11 is 0. The molecule has 0 aliphatic carbocycles. The van der Waals surface area contributed by atoms with E-state index in [1.165, 1.54) is 5.56 Å². The number of fused-ring (bicyclic) bond motifs is 1. The summed E-state index contributed by atoms with van der Waals surface area (Å²) in [6.07, 6.45) is 1.71. The number of nitrogens with two attached hydrogens (primary N) is 1. The first-order valence-electron chi connectivity index (χ1n) is 7.26. The zero-order valence-corrected chi connectivity index (χ0v) is 12.2. The van der Waals surface area contributed by atoms with Gasteiger partial charge in [0.05, 0.1) is 19.4 Å². The van der Waals surface area contributed by atoms with E-state index in [1.807, 2.05) is 30.3 Å². The molecule has 0 atom stereocenters. The highest BCUT2D eigenvalue weighted by Gasteiger charge is 2.16. The maximum Gasteiger partial charge on any atom is 0.134 e. The maximum atomic E-state index is 5.85. The van der Waals surface area contributed by atoms with Crippen molar-refractivity contribution >= 4 is 11.0 Å². The Morgan fingerprint density at radius 2 is 1.95 bits per heavy atom. The summed E-state index contributed by atoms with van der Waals surface area (Å²) in [7, 11) is 0. The molecule has 0 amide bonds. The molecule has 0 aliphatic rings. The molecule has 0 spiro atoms. The van der Waals surface area contributed by atoms with E-state index >= 15 is 0 Å². The van der Waals surface area contributed by atoms with Gasteiger partial charge in [-0.05, 0) is 24.7 Å². The van der Waals surface area contributed by atoms with Crippen molar-refractivity contribution in [3.8, 4) is 0 Å². The molecule has 0 fully saturated rings. The number of rotatable bonds is 6. The van der Waals surface area contributed by atoms with Crippen LogP contribution in [-0.2, 0) is 19.6 Å². The molecule has 4 heteroatoms. The number of nitrogens with zero attached hydrogens (tertiary/aromatic N) is 1. The molecule has 1 aromatic carbocycles. The summed E-state index contributed by atoms with van der Waals surface area (Å²) in [5, 5.41) is 1.15. The molecule has 21 heavy (non-hydrogen) atoms. The molecule has 2 heterocycles. The van der Waals surface area contributed by atoms with Crippen LogP contribution in [-0.4, -0.2) is 11.4 Å². The molecule has 0 bridgehead atoms. The first-order chi connectivity index (χ1) is 10.3. The van der Waals surface area contributed by atoms with Crippen molar-refractivity contribution in [2.75, 3.05) is 6.54 Å². The Balaban J connectivity index is 1.88. The van der Waals surface area contributed by atoms with Gasteiger partial charge in [0.25, 0.3) is 0 Å². The zero-order chi connectivity index (χ0) is 14.7. The third-order valence-electron chi connectivity index (χ3n) is 3.76. The van der Waals surface area contributed by atoms with Gasteiger partial charge in [-0.25, -0.2) is 0 Å². The maximum absolute atomic E-state index is 5.85. The molecule has 110 valence electrons. The molecule has 0 saturated heterocycles. The summed E-state index contributed by atoms with van der Waals surface area (Å²) in [5.41, 5.74) is 7.92. The summed E-state index contributed by atoms with van der Waals surface area (Å²) in [5.74, 6) is 1.84. The highest BCUT2D eigenvalue weighted by atomic mass is 16.3. The van der Waals surface area contributed by atoms with E-state index in [0.717, 1.165) is 42.1 Å². The number of hydrogen-bond donors (Lipinski definition) is 1. The monoisotopic (exact) mass is 284 g/mol. The Bertz CT molecular complexity index is 701. The van der Waals surface area contributed by atoms with Crippen molar-refractivity contribution in [1.82, 2.24) is 4.90 Å². The first kappa shape index (κ1) is 13.9. The van der Waals surface area contributed by atoms with Crippen LogP contribution in [0, 0.1) is 0 Å². The Morgan fingerprint density at radius 3 is 2.67 bits per heavy atom. The summed E-state index contributed by atoms with van der Waals surface area (Å²) in [6.45, 7) is 5.09. The van der Waals surface area contributed by atoms with Gasteiger partial charge >= 0.3 is 0 Å². The van der Waals surface area contributed by atoms with Crippen LogP contribution in [0.4, 0.5) is 0 Å². The van der Waals surface area contributed by atoms with Gasteiger partial charge in [0.15, 0.2) is 0 Å².